The number of hydrogen-bond acceptors (Lipinski definition) is 6. The Labute approximate surface area is 134 Å². The van der Waals surface area contributed by atoms with Gasteiger partial charge in [0.15, 0.2) is 0 Å². The van der Waals surface area contributed by atoms with Crippen LogP contribution in [0.4, 0.5) is 11.4 Å². The normalized spacial score (nSPS) is 13.3. The van der Waals surface area contributed by atoms with Crippen molar-refractivity contribution in [3.63, 3.8) is 0 Å². The molecule has 6 nitrogen and oxygen atoms in total. The number of fused-ring (bicyclic) bond motifs is 1. The predicted octanol–water partition coefficient (Wildman–Crippen LogP) is 2.41. The van der Waals surface area contributed by atoms with Crippen LogP contribution >= 0.6 is 0 Å². The summed E-state index contributed by atoms with van der Waals surface area (Å²) in [5.74, 6) is 0.280. The molecule has 0 bridgehead atoms. The number of benzene rings is 2. The van der Waals surface area contributed by atoms with Crippen LogP contribution in [0.5, 0.6) is 5.75 Å². The highest BCUT2D eigenvalue weighted by molar-refractivity contribution is 5.89. The molecule has 2 aromatic carbocycles. The molecule has 0 saturated carbocycles. The number of rotatable bonds is 4. The van der Waals surface area contributed by atoms with E-state index in [9.17, 15) is 4.79 Å². The van der Waals surface area contributed by atoms with E-state index in [1.54, 1.807) is 19.2 Å². The van der Waals surface area contributed by atoms with Gasteiger partial charge in [-0.05, 0) is 29.8 Å². The molecule has 1 aliphatic rings. The molecule has 0 unspecified atom stereocenters. The van der Waals surface area contributed by atoms with E-state index >= 15 is 0 Å². The van der Waals surface area contributed by atoms with Crippen molar-refractivity contribution in [1.82, 2.24) is 5.01 Å². The summed E-state index contributed by atoms with van der Waals surface area (Å²) in [7, 11) is 2.95. The zero-order chi connectivity index (χ0) is 16.4. The molecule has 0 atom stereocenters. The van der Waals surface area contributed by atoms with Crippen LogP contribution in [0.1, 0.15) is 21.5 Å². The van der Waals surface area contributed by atoms with Crippen LogP contribution in [0.2, 0.25) is 0 Å². The van der Waals surface area contributed by atoms with Gasteiger partial charge in [-0.1, -0.05) is 12.1 Å². The molecule has 0 spiro atoms. The Hall–Kier alpha value is -2.73. The summed E-state index contributed by atoms with van der Waals surface area (Å²) in [6, 6.07) is 11.2. The average Bonchev–Trinajstić information content (AvgIpc) is 2.95. The zero-order valence-electron chi connectivity index (χ0n) is 13.1. The number of methoxy groups -OCH3 is 2. The summed E-state index contributed by atoms with van der Waals surface area (Å²) in [5.41, 5.74) is 13.5. The summed E-state index contributed by atoms with van der Waals surface area (Å²) >= 11 is 0. The molecule has 0 radical (unpaired) electrons. The van der Waals surface area contributed by atoms with Gasteiger partial charge >= 0.3 is 5.97 Å². The molecule has 2 aromatic rings. The van der Waals surface area contributed by atoms with Crippen molar-refractivity contribution in [1.29, 1.82) is 0 Å². The maximum Gasteiger partial charge on any atom is 0.337 e. The van der Waals surface area contributed by atoms with Crippen molar-refractivity contribution in [2.24, 2.45) is 0 Å². The first-order valence-corrected chi connectivity index (χ1v) is 7.26. The van der Waals surface area contributed by atoms with E-state index in [4.69, 9.17) is 15.2 Å². The summed E-state index contributed by atoms with van der Waals surface area (Å²) in [6.07, 6.45) is 0. The number of nitrogens with two attached hydrogens (primary N) is 1. The molecule has 0 amide bonds. The first kappa shape index (κ1) is 15.2. The van der Waals surface area contributed by atoms with Crippen LogP contribution < -0.4 is 15.9 Å². The van der Waals surface area contributed by atoms with Crippen molar-refractivity contribution in [3.8, 4) is 5.75 Å². The van der Waals surface area contributed by atoms with E-state index < -0.39 is 0 Å². The summed E-state index contributed by atoms with van der Waals surface area (Å²) in [6.45, 7) is 1.41. The van der Waals surface area contributed by atoms with Crippen molar-refractivity contribution in [2.75, 3.05) is 25.4 Å². The fraction of sp³-hybridized carbons (Fsp3) is 0.235. The van der Waals surface area contributed by atoms with Gasteiger partial charge in [-0.3, -0.25) is 0 Å². The van der Waals surface area contributed by atoms with E-state index in [0.29, 0.717) is 17.9 Å². The number of nitrogens with zero attached hydrogens (tertiary/aromatic N) is 1. The largest absolute Gasteiger partial charge is 0.496 e. The maximum atomic E-state index is 11.6. The van der Waals surface area contributed by atoms with Crippen LogP contribution in [0.15, 0.2) is 36.4 Å². The molecule has 0 aromatic heterocycles. The van der Waals surface area contributed by atoms with E-state index in [1.165, 1.54) is 12.7 Å². The zero-order valence-corrected chi connectivity index (χ0v) is 13.1. The van der Waals surface area contributed by atoms with Gasteiger partial charge in [-0.15, -0.1) is 0 Å². The standard InChI is InChI=1S/C17H19N3O3/c1-22-16-7-11(17(21)23-2)3-4-13(16)10-20-9-12-5-6-14(18)8-15(12)19-20/h3-8,19H,9-10,18H2,1-2H3. The Balaban J connectivity index is 1.77. The quantitative estimate of drug-likeness (QED) is 0.667. The summed E-state index contributed by atoms with van der Waals surface area (Å²) in [5, 5.41) is 2.07. The number of esters is 1. The fourth-order valence-corrected chi connectivity index (χ4v) is 2.67. The average molecular weight is 313 g/mol. The first-order chi connectivity index (χ1) is 11.1. The Bertz CT molecular complexity index is 746. The summed E-state index contributed by atoms with van der Waals surface area (Å²) < 4.78 is 10.1. The number of nitrogens with one attached hydrogen (secondary N) is 1. The van der Waals surface area contributed by atoms with Crippen LogP contribution in [0.3, 0.4) is 0 Å². The Morgan fingerprint density at radius 2 is 2.09 bits per heavy atom. The van der Waals surface area contributed by atoms with E-state index in [2.05, 4.69) is 10.4 Å². The highest BCUT2D eigenvalue weighted by atomic mass is 16.5. The van der Waals surface area contributed by atoms with Gasteiger partial charge in [0, 0.05) is 24.3 Å². The third-order valence-corrected chi connectivity index (χ3v) is 3.84. The number of hydrazine groups is 1. The molecule has 1 heterocycles. The molecule has 3 N–H and O–H groups in total. The monoisotopic (exact) mass is 313 g/mol. The molecule has 3 rings (SSSR count). The minimum atomic E-state index is -0.378. The third-order valence-electron chi connectivity index (χ3n) is 3.84. The molecule has 6 heteroatoms. The number of carbonyl (C=O) groups excluding carboxylic acids is 1. The molecule has 23 heavy (non-hydrogen) atoms. The number of ether oxygens (including phenoxy) is 2. The van der Waals surface area contributed by atoms with Crippen LogP contribution in [0.25, 0.3) is 0 Å². The molecular formula is C17H19N3O3. The van der Waals surface area contributed by atoms with E-state index in [1.807, 2.05) is 24.3 Å². The Morgan fingerprint density at radius 1 is 1.26 bits per heavy atom. The maximum absolute atomic E-state index is 11.6. The van der Waals surface area contributed by atoms with Gasteiger partial charge in [0.2, 0.25) is 0 Å². The molecule has 0 fully saturated rings. The highest BCUT2D eigenvalue weighted by Crippen LogP contribution is 2.30. The lowest BCUT2D eigenvalue weighted by Crippen LogP contribution is -2.23. The minimum Gasteiger partial charge on any atom is -0.496 e. The van der Waals surface area contributed by atoms with Crippen LogP contribution in [0, 0.1) is 0 Å². The van der Waals surface area contributed by atoms with Crippen molar-refractivity contribution < 1.29 is 14.3 Å². The van der Waals surface area contributed by atoms with Gasteiger partial charge in [-0.2, -0.15) is 0 Å². The third kappa shape index (κ3) is 3.07. The number of nitrogen functional groups attached to an aromatic ring is 1. The number of anilines is 2. The fourth-order valence-electron chi connectivity index (χ4n) is 2.67. The molecule has 1 aliphatic heterocycles. The minimum absolute atomic E-state index is 0.378. The lowest BCUT2D eigenvalue weighted by atomic mass is 10.1. The SMILES string of the molecule is COC(=O)c1ccc(CN2Cc3ccc(N)cc3N2)c(OC)c1. The second-order valence-electron chi connectivity index (χ2n) is 5.40. The number of hydrogen-bond donors (Lipinski definition) is 2. The summed E-state index contributed by atoms with van der Waals surface area (Å²) in [4.78, 5) is 11.6. The second kappa shape index (κ2) is 6.18. The van der Waals surface area contributed by atoms with Crippen LogP contribution in [-0.4, -0.2) is 25.2 Å². The topological polar surface area (TPSA) is 76.8 Å². The van der Waals surface area contributed by atoms with Gasteiger partial charge in [0.25, 0.3) is 0 Å². The molecule has 0 saturated heterocycles. The van der Waals surface area contributed by atoms with Gasteiger partial charge in [-0.25, -0.2) is 9.80 Å². The van der Waals surface area contributed by atoms with Crippen molar-refractivity contribution >= 4 is 17.3 Å². The van der Waals surface area contributed by atoms with Crippen molar-refractivity contribution in [2.45, 2.75) is 13.1 Å². The highest BCUT2D eigenvalue weighted by Gasteiger charge is 2.20. The Kier molecular flexibility index (Phi) is 4.08. The molecule has 120 valence electrons. The predicted molar refractivity (Wildman–Crippen MR) is 88.1 cm³/mol. The van der Waals surface area contributed by atoms with Gasteiger partial charge < -0.3 is 20.6 Å². The van der Waals surface area contributed by atoms with Crippen LogP contribution in [-0.2, 0) is 17.8 Å². The molecule has 0 aliphatic carbocycles. The van der Waals surface area contributed by atoms with E-state index in [-0.39, 0.29) is 5.97 Å². The molecular weight excluding hydrogens is 294 g/mol. The van der Waals surface area contributed by atoms with E-state index in [0.717, 1.165) is 23.5 Å². The van der Waals surface area contributed by atoms with Gasteiger partial charge in [0.05, 0.1) is 25.5 Å². The smallest absolute Gasteiger partial charge is 0.337 e. The van der Waals surface area contributed by atoms with Crippen molar-refractivity contribution in [3.05, 3.63) is 53.1 Å². The lowest BCUT2D eigenvalue weighted by molar-refractivity contribution is 0.0600. The second-order valence-corrected chi connectivity index (χ2v) is 5.40. The van der Waals surface area contributed by atoms with Gasteiger partial charge in [0.1, 0.15) is 5.75 Å². The Morgan fingerprint density at radius 3 is 2.83 bits per heavy atom. The number of carbonyl (C=O) groups is 1. The first-order valence-electron chi connectivity index (χ1n) is 7.26. The lowest BCUT2D eigenvalue weighted by Gasteiger charge is -2.18.